The first-order valence-corrected chi connectivity index (χ1v) is 8.30. The van der Waals surface area contributed by atoms with Crippen LogP contribution >= 0.6 is 0 Å². The Morgan fingerprint density at radius 2 is 1.81 bits per heavy atom. The first kappa shape index (κ1) is 19.5. The van der Waals surface area contributed by atoms with Crippen molar-refractivity contribution in [3.8, 4) is 11.5 Å². The van der Waals surface area contributed by atoms with Crippen LogP contribution in [-0.4, -0.2) is 26.7 Å². The van der Waals surface area contributed by atoms with E-state index in [0.717, 1.165) is 5.56 Å². The van der Waals surface area contributed by atoms with Gasteiger partial charge >= 0.3 is 0 Å². The first-order chi connectivity index (χ1) is 12.4. The lowest BCUT2D eigenvalue weighted by molar-refractivity contribution is -0.116. The van der Waals surface area contributed by atoms with Crippen LogP contribution in [0.5, 0.6) is 11.5 Å². The third-order valence-electron chi connectivity index (χ3n) is 4.14. The molecule has 0 saturated carbocycles. The highest BCUT2D eigenvalue weighted by atomic mass is 19.1. The van der Waals surface area contributed by atoms with E-state index in [1.165, 1.54) is 12.1 Å². The van der Waals surface area contributed by atoms with Gasteiger partial charge in [-0.15, -0.1) is 0 Å². The molecule has 2 aromatic carbocycles. The van der Waals surface area contributed by atoms with Crippen molar-refractivity contribution in [3.05, 3.63) is 65.5 Å². The number of hydrogen-bond acceptors (Lipinski definition) is 3. The molecule has 0 saturated heterocycles. The number of amides is 1. The molecule has 2 aromatic rings. The van der Waals surface area contributed by atoms with Crippen LogP contribution in [0.1, 0.15) is 25.0 Å². The molecule has 1 N–H and O–H groups in total. The highest BCUT2D eigenvalue weighted by Crippen LogP contribution is 2.28. The Kier molecular flexibility index (Phi) is 6.39. The van der Waals surface area contributed by atoms with Gasteiger partial charge in [-0.05, 0) is 35.4 Å². The number of ether oxygens (including phenoxy) is 2. The number of methoxy groups -OCH3 is 2. The highest BCUT2D eigenvalue weighted by Gasteiger charge is 2.24. The first-order valence-electron chi connectivity index (χ1n) is 8.30. The average molecular weight is 357 g/mol. The number of carbonyl (C=O) groups is 1. The second kappa shape index (κ2) is 8.52. The van der Waals surface area contributed by atoms with E-state index < -0.39 is 5.41 Å². The quantitative estimate of drug-likeness (QED) is 0.763. The van der Waals surface area contributed by atoms with Crippen LogP contribution in [0.2, 0.25) is 0 Å². The molecule has 0 atom stereocenters. The van der Waals surface area contributed by atoms with Gasteiger partial charge in [-0.3, -0.25) is 4.79 Å². The van der Waals surface area contributed by atoms with E-state index in [4.69, 9.17) is 9.47 Å². The van der Waals surface area contributed by atoms with Crippen molar-refractivity contribution in [3.63, 3.8) is 0 Å². The molecule has 26 heavy (non-hydrogen) atoms. The van der Waals surface area contributed by atoms with Gasteiger partial charge in [0.05, 0.1) is 14.2 Å². The van der Waals surface area contributed by atoms with Crippen molar-refractivity contribution in [1.82, 2.24) is 5.32 Å². The van der Waals surface area contributed by atoms with Crippen molar-refractivity contribution in [2.75, 3.05) is 20.8 Å². The van der Waals surface area contributed by atoms with Gasteiger partial charge in [-0.2, -0.15) is 0 Å². The van der Waals surface area contributed by atoms with Crippen molar-refractivity contribution in [2.24, 2.45) is 0 Å². The smallest absolute Gasteiger partial charge is 0.244 e. The molecule has 0 fully saturated rings. The standard InChI is InChI=1S/C21H24FNO3/c1-21(2,16-7-5-6-8-17(16)22)14-23-20(24)12-10-15-9-11-18(25-3)19(13-15)26-4/h5-13H,14H2,1-4H3,(H,23,24)/b12-10+. The molecule has 0 aliphatic heterocycles. The fourth-order valence-corrected chi connectivity index (χ4v) is 2.60. The zero-order valence-corrected chi connectivity index (χ0v) is 15.5. The van der Waals surface area contributed by atoms with Crippen LogP contribution in [0.15, 0.2) is 48.5 Å². The summed E-state index contributed by atoms with van der Waals surface area (Å²) in [5.41, 5.74) is 0.869. The van der Waals surface area contributed by atoms with Gasteiger partial charge in [-0.1, -0.05) is 38.1 Å². The normalized spacial score (nSPS) is 11.4. The maximum atomic E-state index is 14.0. The fourth-order valence-electron chi connectivity index (χ4n) is 2.60. The van der Waals surface area contributed by atoms with Crippen LogP contribution in [0.3, 0.4) is 0 Å². The summed E-state index contributed by atoms with van der Waals surface area (Å²) >= 11 is 0. The molecule has 4 nitrogen and oxygen atoms in total. The van der Waals surface area contributed by atoms with Crippen molar-refractivity contribution < 1.29 is 18.7 Å². The molecule has 5 heteroatoms. The molecule has 0 radical (unpaired) electrons. The van der Waals surface area contributed by atoms with Crippen molar-refractivity contribution >= 4 is 12.0 Å². The molecule has 2 rings (SSSR count). The van der Waals surface area contributed by atoms with Crippen LogP contribution in [0, 0.1) is 5.82 Å². The Hall–Kier alpha value is -2.82. The minimum absolute atomic E-state index is 0.246. The van der Waals surface area contributed by atoms with E-state index in [1.54, 1.807) is 50.6 Å². The van der Waals surface area contributed by atoms with E-state index in [0.29, 0.717) is 23.6 Å². The fraction of sp³-hybridized carbons (Fsp3) is 0.286. The predicted octanol–water partition coefficient (Wildman–Crippen LogP) is 3.95. The Balaban J connectivity index is 2.00. The molecule has 0 bridgehead atoms. The van der Waals surface area contributed by atoms with Crippen molar-refractivity contribution in [2.45, 2.75) is 19.3 Å². The average Bonchev–Trinajstić information content (AvgIpc) is 2.64. The van der Waals surface area contributed by atoms with E-state index >= 15 is 0 Å². The topological polar surface area (TPSA) is 47.6 Å². The zero-order chi connectivity index (χ0) is 19.2. The summed E-state index contributed by atoms with van der Waals surface area (Å²) in [4.78, 5) is 12.1. The summed E-state index contributed by atoms with van der Waals surface area (Å²) in [6, 6.07) is 12.0. The van der Waals surface area contributed by atoms with Crippen LogP contribution in [0.25, 0.3) is 6.08 Å². The lowest BCUT2D eigenvalue weighted by Gasteiger charge is -2.25. The SMILES string of the molecule is COc1ccc(/C=C/C(=O)NCC(C)(C)c2ccccc2F)cc1OC. The minimum atomic E-state index is -0.516. The van der Waals surface area contributed by atoms with Gasteiger partial charge in [0.25, 0.3) is 0 Å². The molecular weight excluding hydrogens is 333 g/mol. The molecule has 0 spiro atoms. The maximum absolute atomic E-state index is 14.0. The number of halogens is 1. The monoisotopic (exact) mass is 357 g/mol. The third-order valence-corrected chi connectivity index (χ3v) is 4.14. The molecule has 138 valence electrons. The van der Waals surface area contributed by atoms with E-state index in [1.807, 2.05) is 19.9 Å². The summed E-state index contributed by atoms with van der Waals surface area (Å²) in [5, 5.41) is 2.82. The third kappa shape index (κ3) is 4.85. The van der Waals surface area contributed by atoms with Gasteiger partial charge < -0.3 is 14.8 Å². The number of hydrogen-bond donors (Lipinski definition) is 1. The summed E-state index contributed by atoms with van der Waals surface area (Å²) in [6.07, 6.45) is 3.13. The lowest BCUT2D eigenvalue weighted by atomic mass is 9.84. The molecule has 0 aliphatic rings. The second-order valence-electron chi connectivity index (χ2n) is 6.53. The largest absolute Gasteiger partial charge is 0.493 e. The number of rotatable bonds is 7. The van der Waals surface area contributed by atoms with Gasteiger partial charge in [0.1, 0.15) is 5.82 Å². The number of nitrogens with one attached hydrogen (secondary N) is 1. The summed E-state index contributed by atoms with van der Waals surface area (Å²) in [5.74, 6) is 0.702. The molecule has 1 amide bonds. The van der Waals surface area contributed by atoms with Gasteiger partial charge in [0.15, 0.2) is 11.5 Å². The Bertz CT molecular complexity index is 800. The Morgan fingerprint density at radius 1 is 1.12 bits per heavy atom. The summed E-state index contributed by atoms with van der Waals surface area (Å²) in [6.45, 7) is 4.11. The van der Waals surface area contributed by atoms with Crippen LogP contribution in [0.4, 0.5) is 4.39 Å². The van der Waals surface area contributed by atoms with Gasteiger partial charge in [0, 0.05) is 18.0 Å². The summed E-state index contributed by atoms with van der Waals surface area (Å²) in [7, 11) is 3.13. The molecule has 0 heterocycles. The Labute approximate surface area is 153 Å². The molecule has 0 aliphatic carbocycles. The highest BCUT2D eigenvalue weighted by molar-refractivity contribution is 5.91. The van der Waals surface area contributed by atoms with E-state index in [9.17, 15) is 9.18 Å². The van der Waals surface area contributed by atoms with E-state index in [2.05, 4.69) is 5.32 Å². The van der Waals surface area contributed by atoms with Crippen LogP contribution < -0.4 is 14.8 Å². The summed E-state index contributed by atoms with van der Waals surface area (Å²) < 4.78 is 24.4. The maximum Gasteiger partial charge on any atom is 0.244 e. The van der Waals surface area contributed by atoms with E-state index in [-0.39, 0.29) is 11.7 Å². The van der Waals surface area contributed by atoms with Crippen molar-refractivity contribution in [1.29, 1.82) is 0 Å². The Morgan fingerprint density at radius 3 is 2.46 bits per heavy atom. The number of benzene rings is 2. The predicted molar refractivity (Wildman–Crippen MR) is 101 cm³/mol. The number of carbonyl (C=O) groups excluding carboxylic acids is 1. The molecule has 0 aromatic heterocycles. The second-order valence-corrected chi connectivity index (χ2v) is 6.53. The molecular formula is C21H24FNO3. The lowest BCUT2D eigenvalue weighted by Crippen LogP contribution is -2.36. The van der Waals surface area contributed by atoms with Gasteiger partial charge in [0.2, 0.25) is 5.91 Å². The molecule has 0 unspecified atom stereocenters. The van der Waals surface area contributed by atoms with Crippen LogP contribution in [-0.2, 0) is 10.2 Å². The zero-order valence-electron chi connectivity index (χ0n) is 15.5. The van der Waals surface area contributed by atoms with Gasteiger partial charge in [-0.25, -0.2) is 4.39 Å². The minimum Gasteiger partial charge on any atom is -0.493 e.